The van der Waals surface area contributed by atoms with E-state index in [1.54, 1.807) is 0 Å². The number of hydrogen-bond donors (Lipinski definition) is 2. The van der Waals surface area contributed by atoms with Crippen LogP contribution in [0.25, 0.3) is 0 Å². The molecule has 1 unspecified atom stereocenters. The van der Waals surface area contributed by atoms with Gasteiger partial charge in [0.25, 0.3) is 0 Å². The number of carbonyl (C=O) groups excluding carboxylic acids is 1. The summed E-state index contributed by atoms with van der Waals surface area (Å²) in [4.78, 5) is 12.2. The molecular weight excluding hydrogens is 272 g/mol. The number of carbonyl (C=O) groups is 1. The summed E-state index contributed by atoms with van der Waals surface area (Å²) in [6.45, 7) is 2.02. The molecule has 2 heterocycles. The first-order valence-corrected chi connectivity index (χ1v) is 8.01. The van der Waals surface area contributed by atoms with Gasteiger partial charge in [-0.2, -0.15) is 0 Å². The lowest BCUT2D eigenvalue weighted by molar-refractivity contribution is -0.129. The van der Waals surface area contributed by atoms with Crippen LogP contribution in [0.2, 0.25) is 0 Å². The summed E-state index contributed by atoms with van der Waals surface area (Å²) < 4.78 is 11.9. The molecule has 0 amide bonds. The Morgan fingerprint density at radius 1 is 1.14 bits per heavy atom. The third kappa shape index (κ3) is 3.00. The Labute approximate surface area is 124 Å². The van der Waals surface area contributed by atoms with Crippen molar-refractivity contribution in [3.05, 3.63) is 11.3 Å². The lowest BCUT2D eigenvalue weighted by Gasteiger charge is -2.40. The predicted octanol–water partition coefficient (Wildman–Crippen LogP) is 1.46. The van der Waals surface area contributed by atoms with Crippen LogP contribution in [0.5, 0.6) is 0 Å². The molecule has 3 rings (SSSR count). The second kappa shape index (κ2) is 6.07. The summed E-state index contributed by atoms with van der Waals surface area (Å²) in [7, 11) is 0. The number of fused-ring (bicyclic) bond motifs is 3. The van der Waals surface area contributed by atoms with Crippen LogP contribution in [0.3, 0.4) is 0 Å². The van der Waals surface area contributed by atoms with E-state index in [2.05, 4.69) is 0 Å². The fraction of sp³-hybridized carbons (Fsp3) is 0.812. The molecule has 5 atom stereocenters. The van der Waals surface area contributed by atoms with Crippen molar-refractivity contribution < 1.29 is 24.5 Å². The maximum absolute atomic E-state index is 12.2. The molecule has 0 radical (unpaired) electrons. The Morgan fingerprint density at radius 2 is 1.90 bits per heavy atom. The second-order valence-electron chi connectivity index (χ2n) is 6.43. The van der Waals surface area contributed by atoms with Gasteiger partial charge in [-0.15, -0.1) is 0 Å². The molecule has 118 valence electrons. The summed E-state index contributed by atoms with van der Waals surface area (Å²) >= 11 is 0. The highest BCUT2D eigenvalue weighted by molar-refractivity contribution is 5.98. The average molecular weight is 296 g/mol. The smallest absolute Gasteiger partial charge is 0.165 e. The summed E-state index contributed by atoms with van der Waals surface area (Å²) in [5, 5.41) is 20.4. The van der Waals surface area contributed by atoms with E-state index in [4.69, 9.17) is 9.47 Å². The van der Waals surface area contributed by atoms with Crippen LogP contribution in [0, 0.1) is 0 Å². The first-order chi connectivity index (χ1) is 10.1. The van der Waals surface area contributed by atoms with Gasteiger partial charge in [-0.3, -0.25) is 4.79 Å². The van der Waals surface area contributed by atoms with Gasteiger partial charge in [0.1, 0.15) is 18.0 Å². The molecular formula is C16H24O5. The van der Waals surface area contributed by atoms with Crippen LogP contribution in [-0.2, 0) is 14.3 Å². The molecule has 2 N–H and O–H groups in total. The van der Waals surface area contributed by atoms with Gasteiger partial charge in [-0.05, 0) is 26.2 Å². The lowest BCUT2D eigenvalue weighted by Crippen LogP contribution is -2.45. The maximum Gasteiger partial charge on any atom is 0.165 e. The highest BCUT2D eigenvalue weighted by Crippen LogP contribution is 2.37. The van der Waals surface area contributed by atoms with Crippen molar-refractivity contribution in [2.75, 3.05) is 0 Å². The molecule has 1 aliphatic carbocycles. The lowest BCUT2D eigenvalue weighted by atomic mass is 9.84. The topological polar surface area (TPSA) is 76.0 Å². The molecule has 2 aliphatic heterocycles. The number of aliphatic hydroxyl groups is 2. The summed E-state index contributed by atoms with van der Waals surface area (Å²) in [6, 6.07) is 0. The molecule has 3 aliphatic rings. The zero-order valence-corrected chi connectivity index (χ0v) is 12.5. The quantitative estimate of drug-likeness (QED) is 0.708. The van der Waals surface area contributed by atoms with Crippen molar-refractivity contribution in [2.45, 2.75) is 82.4 Å². The SMILES string of the molecule is CC1CCCC[C@H](O)[C@@H]2C[C@@H](O1)C1=C(O2)[C@H](O)CCC1=O. The van der Waals surface area contributed by atoms with Gasteiger partial charge in [0.15, 0.2) is 5.78 Å². The number of hydrogen-bond acceptors (Lipinski definition) is 5. The Hall–Kier alpha value is -0.910. The number of Topliss-reactive ketones (excluding diaryl/α,β-unsaturated/α-hetero) is 1. The molecule has 0 aromatic rings. The van der Waals surface area contributed by atoms with Gasteiger partial charge < -0.3 is 19.7 Å². The summed E-state index contributed by atoms with van der Waals surface area (Å²) in [5.74, 6) is 0.358. The van der Waals surface area contributed by atoms with E-state index in [9.17, 15) is 15.0 Å². The normalized spacial score (nSPS) is 41.3. The van der Waals surface area contributed by atoms with Crippen LogP contribution in [0.4, 0.5) is 0 Å². The molecule has 1 fully saturated rings. The van der Waals surface area contributed by atoms with Crippen LogP contribution in [0.15, 0.2) is 11.3 Å². The van der Waals surface area contributed by atoms with E-state index in [0.29, 0.717) is 37.0 Å². The maximum atomic E-state index is 12.2. The summed E-state index contributed by atoms with van der Waals surface area (Å²) in [5.41, 5.74) is 0.504. The monoisotopic (exact) mass is 296 g/mol. The van der Waals surface area contributed by atoms with E-state index in [-0.39, 0.29) is 24.1 Å². The number of ketones is 1. The minimum absolute atomic E-state index is 0.0116. The fourth-order valence-electron chi connectivity index (χ4n) is 3.55. The molecule has 0 aromatic heterocycles. The largest absolute Gasteiger partial charge is 0.489 e. The van der Waals surface area contributed by atoms with Crippen LogP contribution < -0.4 is 0 Å². The summed E-state index contributed by atoms with van der Waals surface area (Å²) in [6.07, 6.45) is 2.78. The Bertz CT molecular complexity index is 444. The van der Waals surface area contributed by atoms with E-state index in [0.717, 1.165) is 19.3 Å². The molecule has 0 saturated carbocycles. The van der Waals surface area contributed by atoms with E-state index < -0.39 is 12.2 Å². The standard InChI is InChI=1S/C16H24O5/c1-9-4-2-3-5-10(17)13-8-14(20-9)15-11(18)6-7-12(19)16(15)21-13/h9-10,12-14,17,19H,2-8H2,1H3/t9?,10-,12+,13-,14+/m0/s1. The highest BCUT2D eigenvalue weighted by atomic mass is 16.5. The Morgan fingerprint density at radius 3 is 2.71 bits per heavy atom. The Balaban J connectivity index is 1.94. The molecule has 0 aromatic carbocycles. The van der Waals surface area contributed by atoms with E-state index >= 15 is 0 Å². The molecule has 1 saturated heterocycles. The molecule has 5 nitrogen and oxygen atoms in total. The van der Waals surface area contributed by atoms with Gasteiger partial charge in [0.2, 0.25) is 0 Å². The van der Waals surface area contributed by atoms with Gasteiger partial charge in [-0.25, -0.2) is 0 Å². The fourth-order valence-corrected chi connectivity index (χ4v) is 3.55. The van der Waals surface area contributed by atoms with E-state index in [1.807, 2.05) is 6.92 Å². The van der Waals surface area contributed by atoms with Crippen molar-refractivity contribution in [1.82, 2.24) is 0 Å². The number of ether oxygens (including phenoxy) is 2. The molecule has 2 bridgehead atoms. The van der Waals surface area contributed by atoms with Crippen LogP contribution in [-0.4, -0.2) is 46.5 Å². The Kier molecular flexibility index (Phi) is 4.33. The van der Waals surface area contributed by atoms with Gasteiger partial charge in [0, 0.05) is 12.8 Å². The van der Waals surface area contributed by atoms with Gasteiger partial charge in [-0.1, -0.05) is 12.8 Å². The zero-order chi connectivity index (χ0) is 15.0. The zero-order valence-electron chi connectivity index (χ0n) is 12.5. The number of aliphatic hydroxyl groups excluding tert-OH is 2. The van der Waals surface area contributed by atoms with E-state index in [1.165, 1.54) is 0 Å². The van der Waals surface area contributed by atoms with Crippen molar-refractivity contribution in [1.29, 1.82) is 0 Å². The highest BCUT2D eigenvalue weighted by Gasteiger charge is 2.42. The third-order valence-corrected chi connectivity index (χ3v) is 4.75. The minimum atomic E-state index is -0.753. The van der Waals surface area contributed by atoms with Crippen molar-refractivity contribution in [3.63, 3.8) is 0 Å². The van der Waals surface area contributed by atoms with Crippen molar-refractivity contribution in [2.24, 2.45) is 0 Å². The minimum Gasteiger partial charge on any atom is -0.489 e. The molecule has 5 heteroatoms. The first-order valence-electron chi connectivity index (χ1n) is 8.01. The average Bonchev–Trinajstić information content (AvgIpc) is 2.46. The van der Waals surface area contributed by atoms with Gasteiger partial charge >= 0.3 is 0 Å². The second-order valence-corrected chi connectivity index (χ2v) is 6.43. The molecule has 0 spiro atoms. The van der Waals surface area contributed by atoms with Crippen LogP contribution in [0.1, 0.15) is 51.9 Å². The van der Waals surface area contributed by atoms with Crippen LogP contribution >= 0.6 is 0 Å². The van der Waals surface area contributed by atoms with Gasteiger partial charge in [0.05, 0.1) is 23.9 Å². The predicted molar refractivity (Wildman–Crippen MR) is 75.6 cm³/mol. The van der Waals surface area contributed by atoms with Crippen molar-refractivity contribution in [3.8, 4) is 0 Å². The van der Waals surface area contributed by atoms with Crippen molar-refractivity contribution >= 4 is 5.78 Å². The number of rotatable bonds is 0. The third-order valence-electron chi connectivity index (χ3n) is 4.75. The molecule has 21 heavy (non-hydrogen) atoms. The first kappa shape index (κ1) is 15.0.